The number of hydrogen-bond donors (Lipinski definition) is 8. The van der Waals surface area contributed by atoms with Crippen molar-refractivity contribution in [1.29, 1.82) is 0 Å². The molecular weight excluding hydrogens is 424 g/mol. The molecule has 0 spiro atoms. The van der Waals surface area contributed by atoms with Gasteiger partial charge in [0.05, 0.1) is 12.6 Å². The van der Waals surface area contributed by atoms with E-state index in [1.54, 1.807) is 12.1 Å². The van der Waals surface area contributed by atoms with Crippen LogP contribution in [0.3, 0.4) is 0 Å². The molecule has 0 saturated carbocycles. The highest BCUT2D eigenvalue weighted by atomic mass is 16.4. The van der Waals surface area contributed by atoms with E-state index in [2.05, 4.69) is 10.6 Å². The van der Waals surface area contributed by atoms with E-state index in [0.29, 0.717) is 24.9 Å². The van der Waals surface area contributed by atoms with Crippen LogP contribution in [-0.2, 0) is 25.6 Å². The third-order valence-corrected chi connectivity index (χ3v) is 4.11. The van der Waals surface area contributed by atoms with Gasteiger partial charge in [-0.05, 0) is 37.1 Å². The first-order valence-corrected chi connectivity index (χ1v) is 9.89. The maximum absolute atomic E-state index is 12.5. The molecule has 10 N–H and O–H groups in total. The predicted octanol–water partition coefficient (Wildman–Crippen LogP) is -1.47. The minimum atomic E-state index is -1.50. The number of aromatic hydroxyl groups is 1. The summed E-state index contributed by atoms with van der Waals surface area (Å²) < 4.78 is 0. The first-order valence-electron chi connectivity index (χ1n) is 9.89. The summed E-state index contributed by atoms with van der Waals surface area (Å²) >= 11 is 0. The lowest BCUT2D eigenvalue weighted by Gasteiger charge is -2.22. The van der Waals surface area contributed by atoms with Crippen LogP contribution in [0.5, 0.6) is 5.75 Å². The smallest absolute Gasteiger partial charge is 0.328 e. The van der Waals surface area contributed by atoms with Gasteiger partial charge >= 0.3 is 5.97 Å². The number of aliphatic hydroxyl groups is 1. The van der Waals surface area contributed by atoms with Crippen LogP contribution in [0.2, 0.25) is 0 Å². The first-order chi connectivity index (χ1) is 15.0. The average Bonchev–Trinajstić information content (AvgIpc) is 2.72. The number of amides is 2. The van der Waals surface area contributed by atoms with Crippen molar-refractivity contribution in [1.82, 2.24) is 10.6 Å². The summed E-state index contributed by atoms with van der Waals surface area (Å²) in [5.74, 6) is -3.50. The highest BCUT2D eigenvalue weighted by molar-refractivity contribution is 5.92. The number of carboxylic acid groups (broad SMARTS) is 2. The van der Waals surface area contributed by atoms with Crippen molar-refractivity contribution in [3.8, 4) is 5.75 Å². The Kier molecular flexibility index (Phi) is 14.0. The molecule has 180 valence electrons. The van der Waals surface area contributed by atoms with Gasteiger partial charge in [0.1, 0.15) is 17.8 Å². The van der Waals surface area contributed by atoms with E-state index in [0.717, 1.165) is 13.3 Å². The highest BCUT2D eigenvalue weighted by Gasteiger charge is 2.27. The molecule has 1 aromatic carbocycles. The molecule has 0 aliphatic carbocycles. The summed E-state index contributed by atoms with van der Waals surface area (Å²) in [7, 11) is 0. The SMILES string of the molecule is CC(=O)O.NCCCC[C@H](N)C(=O)N[C@H](Cc1ccc(O)cc1)C(=O)N[C@@H](CO)C(=O)O. The average molecular weight is 456 g/mol. The van der Waals surface area contributed by atoms with E-state index in [1.165, 1.54) is 12.1 Å². The molecule has 12 heteroatoms. The number of carbonyl (C=O) groups excluding carboxylic acids is 2. The fourth-order valence-corrected chi connectivity index (χ4v) is 2.45. The number of unbranched alkanes of at least 4 members (excludes halogenated alkanes) is 1. The van der Waals surface area contributed by atoms with E-state index in [9.17, 15) is 19.5 Å². The number of nitrogens with two attached hydrogens (primary N) is 2. The second-order valence-electron chi connectivity index (χ2n) is 6.92. The maximum atomic E-state index is 12.5. The fraction of sp³-hybridized carbons (Fsp3) is 0.500. The van der Waals surface area contributed by atoms with Gasteiger partial charge in [0.25, 0.3) is 5.97 Å². The van der Waals surface area contributed by atoms with Crippen molar-refractivity contribution in [2.45, 2.75) is 50.7 Å². The molecule has 0 aromatic heterocycles. The van der Waals surface area contributed by atoms with Crippen molar-refractivity contribution in [3.05, 3.63) is 29.8 Å². The van der Waals surface area contributed by atoms with Crippen molar-refractivity contribution in [3.63, 3.8) is 0 Å². The summed E-state index contributed by atoms with van der Waals surface area (Å²) in [5, 5.41) is 39.6. The zero-order chi connectivity index (χ0) is 24.7. The van der Waals surface area contributed by atoms with Crippen LogP contribution in [0.25, 0.3) is 0 Å². The van der Waals surface area contributed by atoms with Gasteiger partial charge in [0.2, 0.25) is 11.8 Å². The lowest BCUT2D eigenvalue weighted by Crippen LogP contribution is -2.55. The van der Waals surface area contributed by atoms with Gasteiger partial charge in [-0.3, -0.25) is 14.4 Å². The molecule has 0 fully saturated rings. The summed E-state index contributed by atoms with van der Waals surface area (Å²) in [5.41, 5.74) is 11.9. The molecule has 12 nitrogen and oxygen atoms in total. The number of phenols is 1. The number of aliphatic hydroxyl groups excluding tert-OH is 1. The Bertz CT molecular complexity index is 738. The van der Waals surface area contributed by atoms with Gasteiger partial charge in [-0.25, -0.2) is 4.79 Å². The Labute approximate surface area is 185 Å². The molecule has 0 aliphatic heterocycles. The first kappa shape index (κ1) is 28.8. The number of nitrogens with one attached hydrogen (secondary N) is 2. The normalized spacial score (nSPS) is 13.0. The van der Waals surface area contributed by atoms with Gasteiger partial charge in [0, 0.05) is 13.3 Å². The van der Waals surface area contributed by atoms with Crippen molar-refractivity contribution >= 4 is 23.8 Å². The molecule has 0 heterocycles. The largest absolute Gasteiger partial charge is 0.508 e. The Morgan fingerprint density at radius 3 is 1.97 bits per heavy atom. The second kappa shape index (κ2) is 15.6. The molecule has 2 amide bonds. The van der Waals surface area contributed by atoms with Crippen molar-refractivity contribution in [2.24, 2.45) is 11.5 Å². The number of phenolic OH excluding ortho intramolecular Hbond substituents is 1. The van der Waals surface area contributed by atoms with Gasteiger partial charge in [0.15, 0.2) is 0 Å². The Hall–Kier alpha value is -3.22. The monoisotopic (exact) mass is 456 g/mol. The minimum absolute atomic E-state index is 0.0435. The topological polar surface area (TPSA) is 225 Å². The van der Waals surface area contributed by atoms with E-state index >= 15 is 0 Å². The van der Waals surface area contributed by atoms with E-state index in [1.807, 2.05) is 0 Å². The molecule has 0 radical (unpaired) electrons. The Balaban J connectivity index is 0.00000220. The van der Waals surface area contributed by atoms with Crippen LogP contribution in [0.1, 0.15) is 31.7 Å². The van der Waals surface area contributed by atoms with Crippen LogP contribution in [0.4, 0.5) is 0 Å². The molecule has 0 bridgehead atoms. The summed E-state index contributed by atoms with van der Waals surface area (Å²) in [6, 6.07) is 2.57. The van der Waals surface area contributed by atoms with Crippen LogP contribution >= 0.6 is 0 Å². The molecule has 0 unspecified atom stereocenters. The van der Waals surface area contributed by atoms with Gasteiger partial charge in [-0.1, -0.05) is 18.6 Å². The molecule has 1 rings (SSSR count). The molecule has 1 aromatic rings. The summed E-state index contributed by atoms with van der Waals surface area (Å²) in [6.45, 7) is 0.775. The van der Waals surface area contributed by atoms with Gasteiger partial charge < -0.3 is 42.5 Å². The minimum Gasteiger partial charge on any atom is -0.508 e. The third-order valence-electron chi connectivity index (χ3n) is 4.11. The summed E-state index contributed by atoms with van der Waals surface area (Å²) in [6.07, 6.45) is 1.82. The molecule has 3 atom stereocenters. The Morgan fingerprint density at radius 2 is 1.50 bits per heavy atom. The number of carbonyl (C=O) groups is 4. The van der Waals surface area contributed by atoms with Crippen molar-refractivity contribution < 1.29 is 39.6 Å². The zero-order valence-electron chi connectivity index (χ0n) is 17.9. The van der Waals surface area contributed by atoms with Crippen LogP contribution in [0, 0.1) is 0 Å². The molecular formula is C20H32N4O8. The van der Waals surface area contributed by atoms with E-state index in [4.69, 9.17) is 31.6 Å². The lowest BCUT2D eigenvalue weighted by molar-refractivity contribution is -0.143. The number of benzene rings is 1. The zero-order valence-corrected chi connectivity index (χ0v) is 17.9. The number of carboxylic acids is 2. The molecule has 32 heavy (non-hydrogen) atoms. The van der Waals surface area contributed by atoms with Crippen LogP contribution < -0.4 is 22.1 Å². The Morgan fingerprint density at radius 1 is 0.969 bits per heavy atom. The quantitative estimate of drug-likeness (QED) is 0.170. The van der Waals surface area contributed by atoms with E-state index in [-0.39, 0.29) is 12.2 Å². The van der Waals surface area contributed by atoms with Gasteiger partial charge in [-0.15, -0.1) is 0 Å². The fourth-order valence-electron chi connectivity index (χ4n) is 2.45. The van der Waals surface area contributed by atoms with Crippen LogP contribution in [0.15, 0.2) is 24.3 Å². The summed E-state index contributed by atoms with van der Waals surface area (Å²) in [4.78, 5) is 44.9. The maximum Gasteiger partial charge on any atom is 0.328 e. The molecule has 0 aliphatic rings. The lowest BCUT2D eigenvalue weighted by atomic mass is 10.0. The highest BCUT2D eigenvalue weighted by Crippen LogP contribution is 2.12. The number of hydrogen-bond acceptors (Lipinski definition) is 8. The van der Waals surface area contributed by atoms with Gasteiger partial charge in [-0.2, -0.15) is 0 Å². The van der Waals surface area contributed by atoms with E-state index < -0.39 is 48.5 Å². The second-order valence-corrected chi connectivity index (χ2v) is 6.92. The standard InChI is InChI=1S/C18H28N4O6.C2H4O2/c19-8-2-1-3-13(20)16(25)21-14(9-11-4-6-12(24)7-5-11)17(26)22-15(10-23)18(27)28;1-2(3)4/h4-7,13-15,23-24H,1-3,8-10,19-20H2,(H,21,25)(H,22,26)(H,27,28);1H3,(H,3,4)/t13-,14+,15-;/m0./s1. The van der Waals surface area contributed by atoms with Crippen LogP contribution in [-0.4, -0.2) is 75.5 Å². The molecule has 0 saturated heterocycles. The third kappa shape index (κ3) is 12.5. The van der Waals surface area contributed by atoms with Crippen molar-refractivity contribution in [2.75, 3.05) is 13.2 Å². The predicted molar refractivity (Wildman–Crippen MR) is 115 cm³/mol. The number of rotatable bonds is 12. The number of aliphatic carboxylic acids is 2.